The molecule has 23 heavy (non-hydrogen) atoms. The van der Waals surface area contributed by atoms with Gasteiger partial charge in [0.15, 0.2) is 5.96 Å². The van der Waals surface area contributed by atoms with Crippen molar-refractivity contribution in [2.45, 2.75) is 18.9 Å². The van der Waals surface area contributed by atoms with Gasteiger partial charge in [-0.05, 0) is 12.8 Å². The van der Waals surface area contributed by atoms with Crippen LogP contribution >= 0.6 is 24.0 Å². The van der Waals surface area contributed by atoms with Gasteiger partial charge >= 0.3 is 0 Å². The number of hydrogen-bond donors (Lipinski definition) is 2. The third-order valence-electron chi connectivity index (χ3n) is 3.34. The van der Waals surface area contributed by atoms with E-state index in [0.29, 0.717) is 19.2 Å². The molecule has 0 bridgehead atoms. The molecule has 9 heteroatoms. The van der Waals surface area contributed by atoms with E-state index in [4.69, 9.17) is 4.74 Å². The molecule has 0 spiro atoms. The molecular formula is C14H28IN5O3. The van der Waals surface area contributed by atoms with E-state index in [2.05, 4.69) is 15.6 Å². The third-order valence-corrected chi connectivity index (χ3v) is 3.34. The molecule has 0 radical (unpaired) electrons. The number of hydrogen-bond acceptors (Lipinski definition) is 4. The maximum absolute atomic E-state index is 11.7. The monoisotopic (exact) mass is 441 g/mol. The molecule has 1 fully saturated rings. The number of nitrogens with zero attached hydrogens (tertiary/aromatic N) is 3. The Morgan fingerprint density at radius 2 is 1.65 bits per heavy atom. The zero-order valence-corrected chi connectivity index (χ0v) is 16.6. The van der Waals surface area contributed by atoms with Gasteiger partial charge in [0.1, 0.15) is 6.54 Å². The fourth-order valence-corrected chi connectivity index (χ4v) is 1.79. The van der Waals surface area contributed by atoms with Gasteiger partial charge in [-0.25, -0.2) is 4.99 Å². The predicted octanol–water partition coefficient (Wildman–Crippen LogP) is -0.505. The molecule has 0 aromatic rings. The molecule has 1 saturated heterocycles. The number of ether oxygens (including phenoxy) is 1. The van der Waals surface area contributed by atoms with E-state index in [1.54, 1.807) is 28.2 Å². The lowest BCUT2D eigenvalue weighted by Gasteiger charge is -2.25. The predicted molar refractivity (Wildman–Crippen MR) is 100 cm³/mol. The third kappa shape index (κ3) is 8.94. The summed E-state index contributed by atoms with van der Waals surface area (Å²) in [5.41, 5.74) is 0. The van der Waals surface area contributed by atoms with E-state index in [0.717, 1.165) is 12.8 Å². The van der Waals surface area contributed by atoms with Gasteiger partial charge in [0.2, 0.25) is 11.8 Å². The van der Waals surface area contributed by atoms with Gasteiger partial charge in [-0.15, -0.1) is 24.0 Å². The normalized spacial score (nSPS) is 15.4. The number of amides is 2. The summed E-state index contributed by atoms with van der Waals surface area (Å²) >= 11 is 0. The molecule has 1 aliphatic rings. The first-order chi connectivity index (χ1) is 10.4. The summed E-state index contributed by atoms with van der Waals surface area (Å²) in [7, 11) is 6.77. The Hall–Kier alpha value is -1.10. The summed E-state index contributed by atoms with van der Waals surface area (Å²) < 4.78 is 5.32. The van der Waals surface area contributed by atoms with E-state index in [1.807, 2.05) is 0 Å². The van der Waals surface area contributed by atoms with Crippen molar-refractivity contribution in [3.8, 4) is 0 Å². The van der Waals surface area contributed by atoms with Crippen LogP contribution in [0.3, 0.4) is 0 Å². The number of halogens is 1. The first kappa shape index (κ1) is 21.9. The van der Waals surface area contributed by atoms with Gasteiger partial charge in [-0.2, -0.15) is 0 Å². The van der Waals surface area contributed by atoms with Crippen LogP contribution in [0.2, 0.25) is 0 Å². The van der Waals surface area contributed by atoms with E-state index in [9.17, 15) is 9.59 Å². The molecule has 134 valence electrons. The summed E-state index contributed by atoms with van der Waals surface area (Å²) in [6, 6.07) is 0.240. The van der Waals surface area contributed by atoms with E-state index >= 15 is 0 Å². The van der Waals surface area contributed by atoms with Crippen molar-refractivity contribution in [1.29, 1.82) is 0 Å². The van der Waals surface area contributed by atoms with Crippen molar-refractivity contribution in [1.82, 2.24) is 20.4 Å². The molecule has 0 atom stereocenters. The number of aliphatic imine (C=N–C) groups is 1. The van der Waals surface area contributed by atoms with Crippen LogP contribution in [0.15, 0.2) is 4.99 Å². The maximum atomic E-state index is 11.7. The fourth-order valence-electron chi connectivity index (χ4n) is 1.79. The Morgan fingerprint density at radius 3 is 2.17 bits per heavy atom. The Kier molecular flexibility index (Phi) is 10.9. The highest BCUT2D eigenvalue weighted by Crippen LogP contribution is 2.05. The molecule has 2 amide bonds. The molecule has 1 heterocycles. The molecule has 0 unspecified atom stereocenters. The molecule has 1 rings (SSSR count). The Bertz CT molecular complexity index is 409. The highest BCUT2D eigenvalue weighted by molar-refractivity contribution is 14.0. The lowest BCUT2D eigenvalue weighted by molar-refractivity contribution is -0.127. The lowest BCUT2D eigenvalue weighted by Crippen LogP contribution is -2.48. The van der Waals surface area contributed by atoms with Crippen LogP contribution < -0.4 is 10.6 Å². The number of likely N-dealkylation sites (N-methyl/N-ethyl adjacent to an activating group) is 2. The highest BCUT2D eigenvalue weighted by Gasteiger charge is 2.16. The van der Waals surface area contributed by atoms with E-state index in [1.165, 1.54) is 9.80 Å². The van der Waals surface area contributed by atoms with Crippen LogP contribution in [0.25, 0.3) is 0 Å². The number of carbonyl (C=O) groups excluding carboxylic acids is 2. The van der Waals surface area contributed by atoms with E-state index < -0.39 is 0 Å². The van der Waals surface area contributed by atoms with Crippen LogP contribution in [-0.4, -0.2) is 88.1 Å². The second kappa shape index (κ2) is 11.4. The number of nitrogens with one attached hydrogen (secondary N) is 2. The Morgan fingerprint density at radius 1 is 1.09 bits per heavy atom. The van der Waals surface area contributed by atoms with Crippen molar-refractivity contribution in [2.75, 3.05) is 54.5 Å². The summed E-state index contributed by atoms with van der Waals surface area (Å²) in [6.07, 6.45) is 1.76. The Labute approximate surface area is 155 Å². The SMILES string of the molecule is CN(C)C(=O)CN=C(NCC(=O)N(C)C)NC1CCOCC1.I. The van der Waals surface area contributed by atoms with Crippen LogP contribution in [0, 0.1) is 0 Å². The van der Waals surface area contributed by atoms with Crippen LogP contribution in [0.4, 0.5) is 0 Å². The first-order valence-electron chi connectivity index (χ1n) is 7.43. The summed E-state index contributed by atoms with van der Waals surface area (Å²) in [5, 5.41) is 6.24. The average molecular weight is 441 g/mol. The molecule has 0 aromatic carbocycles. The molecule has 0 saturated carbocycles. The summed E-state index contributed by atoms with van der Waals surface area (Å²) in [6.45, 7) is 1.59. The van der Waals surface area contributed by atoms with Gasteiger partial charge in [0, 0.05) is 47.4 Å². The van der Waals surface area contributed by atoms with Crippen LogP contribution in [0.5, 0.6) is 0 Å². The maximum Gasteiger partial charge on any atom is 0.243 e. The molecule has 1 aliphatic heterocycles. The lowest BCUT2D eigenvalue weighted by atomic mass is 10.1. The minimum absolute atomic E-state index is 0. The minimum atomic E-state index is -0.0907. The largest absolute Gasteiger partial charge is 0.381 e. The topological polar surface area (TPSA) is 86.3 Å². The van der Waals surface area contributed by atoms with Crippen molar-refractivity contribution in [3.05, 3.63) is 0 Å². The highest BCUT2D eigenvalue weighted by atomic mass is 127. The molecular weight excluding hydrogens is 413 g/mol. The van der Waals surface area contributed by atoms with Gasteiger partial charge in [-0.1, -0.05) is 0 Å². The molecule has 0 aromatic heterocycles. The molecule has 0 aliphatic carbocycles. The number of carbonyl (C=O) groups is 2. The zero-order chi connectivity index (χ0) is 16.5. The standard InChI is InChI=1S/C14H27N5O3.HI/c1-18(2)12(20)9-15-14(16-10-13(21)19(3)4)17-11-5-7-22-8-6-11;/h11H,5-10H2,1-4H3,(H2,15,16,17);1H. The van der Waals surface area contributed by atoms with Gasteiger partial charge in [-0.3, -0.25) is 9.59 Å². The number of guanidine groups is 1. The first-order valence-corrected chi connectivity index (χ1v) is 7.43. The van der Waals surface area contributed by atoms with Crippen LogP contribution in [0.1, 0.15) is 12.8 Å². The Balaban J connectivity index is 0.00000484. The van der Waals surface area contributed by atoms with Crippen molar-refractivity contribution >= 4 is 41.8 Å². The second-order valence-corrected chi connectivity index (χ2v) is 5.63. The van der Waals surface area contributed by atoms with Gasteiger partial charge in [0.05, 0.1) is 6.54 Å². The van der Waals surface area contributed by atoms with E-state index in [-0.39, 0.29) is 54.9 Å². The number of rotatable bonds is 5. The van der Waals surface area contributed by atoms with Crippen molar-refractivity contribution < 1.29 is 14.3 Å². The smallest absolute Gasteiger partial charge is 0.243 e. The minimum Gasteiger partial charge on any atom is -0.381 e. The summed E-state index contributed by atoms with van der Waals surface area (Å²) in [4.78, 5) is 30.6. The quantitative estimate of drug-likeness (QED) is 0.341. The van der Waals surface area contributed by atoms with Gasteiger partial charge in [0.25, 0.3) is 0 Å². The van der Waals surface area contributed by atoms with Crippen LogP contribution in [-0.2, 0) is 14.3 Å². The molecule has 8 nitrogen and oxygen atoms in total. The van der Waals surface area contributed by atoms with Crippen molar-refractivity contribution in [3.63, 3.8) is 0 Å². The van der Waals surface area contributed by atoms with Crippen molar-refractivity contribution in [2.24, 2.45) is 4.99 Å². The zero-order valence-electron chi connectivity index (χ0n) is 14.3. The fraction of sp³-hybridized carbons (Fsp3) is 0.786. The van der Waals surface area contributed by atoms with Gasteiger partial charge < -0.3 is 25.2 Å². The molecule has 2 N–H and O–H groups in total. The second-order valence-electron chi connectivity index (χ2n) is 5.63. The average Bonchev–Trinajstić information content (AvgIpc) is 2.49. The summed E-state index contributed by atoms with van der Waals surface area (Å²) in [5.74, 6) is 0.338.